The third kappa shape index (κ3) is 3.13. The molecule has 1 aliphatic heterocycles. The van der Waals surface area contributed by atoms with E-state index in [2.05, 4.69) is 5.16 Å². The maximum Gasteiger partial charge on any atom is 0.247 e. The highest BCUT2D eigenvalue weighted by Gasteiger charge is 2.30. The predicted octanol–water partition coefficient (Wildman–Crippen LogP) is 2.91. The van der Waals surface area contributed by atoms with Gasteiger partial charge in [0.05, 0.1) is 12.6 Å². The molecule has 0 aliphatic carbocycles. The summed E-state index contributed by atoms with van der Waals surface area (Å²) in [6.07, 6.45) is 5.29. The summed E-state index contributed by atoms with van der Waals surface area (Å²) in [4.78, 5) is 15.2. The van der Waals surface area contributed by atoms with Crippen LogP contribution >= 0.6 is 11.3 Å². The van der Waals surface area contributed by atoms with Crippen LogP contribution in [-0.4, -0.2) is 27.6 Å². The Kier molecular flexibility index (Phi) is 4.40. The molecule has 1 amide bonds. The van der Waals surface area contributed by atoms with Crippen LogP contribution in [0.25, 0.3) is 6.08 Å². The summed E-state index contributed by atoms with van der Waals surface area (Å²) in [6, 6.07) is 3.79. The van der Waals surface area contributed by atoms with E-state index in [1.54, 1.807) is 12.2 Å². The normalized spacial score (nSPS) is 18.5. The molecule has 1 aliphatic rings. The molecule has 1 unspecified atom stereocenters. The second-order valence-corrected chi connectivity index (χ2v) is 6.34. The molecule has 2 aromatic heterocycles. The summed E-state index contributed by atoms with van der Waals surface area (Å²) >= 11 is 1.51. The summed E-state index contributed by atoms with van der Waals surface area (Å²) in [5.74, 6) is 0.752. The molecule has 6 heteroatoms. The molecule has 2 aromatic rings. The van der Waals surface area contributed by atoms with Gasteiger partial charge in [-0.3, -0.25) is 4.79 Å². The van der Waals surface area contributed by atoms with Crippen molar-refractivity contribution in [1.82, 2.24) is 10.1 Å². The van der Waals surface area contributed by atoms with Crippen LogP contribution < -0.4 is 0 Å². The Morgan fingerprint density at radius 1 is 1.59 bits per heavy atom. The van der Waals surface area contributed by atoms with Crippen molar-refractivity contribution in [2.45, 2.75) is 32.4 Å². The van der Waals surface area contributed by atoms with Crippen LogP contribution in [-0.2, 0) is 11.4 Å². The monoisotopic (exact) mass is 318 g/mol. The fourth-order valence-corrected chi connectivity index (χ4v) is 3.49. The van der Waals surface area contributed by atoms with Crippen LogP contribution in [0.3, 0.4) is 0 Å². The Balaban J connectivity index is 1.70. The van der Waals surface area contributed by atoms with Crippen LogP contribution in [0, 0.1) is 6.92 Å². The average molecular weight is 318 g/mol. The van der Waals surface area contributed by atoms with E-state index in [1.807, 2.05) is 29.3 Å². The van der Waals surface area contributed by atoms with E-state index in [1.165, 1.54) is 11.3 Å². The number of amides is 1. The van der Waals surface area contributed by atoms with Gasteiger partial charge in [0, 0.05) is 23.6 Å². The highest BCUT2D eigenvalue weighted by molar-refractivity contribution is 7.11. The van der Waals surface area contributed by atoms with Crippen molar-refractivity contribution in [3.63, 3.8) is 0 Å². The molecule has 0 spiro atoms. The number of thiophene rings is 1. The van der Waals surface area contributed by atoms with E-state index >= 15 is 0 Å². The van der Waals surface area contributed by atoms with Gasteiger partial charge in [-0.15, -0.1) is 11.3 Å². The Morgan fingerprint density at radius 3 is 3.14 bits per heavy atom. The summed E-state index contributed by atoms with van der Waals surface area (Å²) in [7, 11) is 0. The number of aliphatic hydroxyl groups is 1. The first-order valence-electron chi connectivity index (χ1n) is 7.27. The zero-order chi connectivity index (χ0) is 15.5. The Labute approximate surface area is 132 Å². The zero-order valence-electron chi connectivity index (χ0n) is 12.4. The first-order chi connectivity index (χ1) is 10.7. The number of carbonyl (C=O) groups excluding carboxylic acids is 1. The molecule has 3 rings (SSSR count). The van der Waals surface area contributed by atoms with Crippen molar-refractivity contribution < 1.29 is 14.4 Å². The molecule has 3 heterocycles. The predicted molar refractivity (Wildman–Crippen MR) is 84.2 cm³/mol. The SMILES string of the molecule is Cc1cc(C2CCCN2C(=O)C=Cc2cc(CO)cs2)no1. The topological polar surface area (TPSA) is 66.6 Å². The molecule has 5 nitrogen and oxygen atoms in total. The van der Waals surface area contributed by atoms with Gasteiger partial charge in [-0.2, -0.15) is 0 Å². The smallest absolute Gasteiger partial charge is 0.247 e. The van der Waals surface area contributed by atoms with E-state index in [0.29, 0.717) is 0 Å². The third-order valence-electron chi connectivity index (χ3n) is 3.77. The number of aryl methyl sites for hydroxylation is 1. The van der Waals surface area contributed by atoms with Gasteiger partial charge in [0.2, 0.25) is 5.91 Å². The van der Waals surface area contributed by atoms with Gasteiger partial charge in [-0.05, 0) is 42.9 Å². The highest BCUT2D eigenvalue weighted by Crippen LogP contribution is 2.31. The van der Waals surface area contributed by atoms with Gasteiger partial charge in [0.25, 0.3) is 0 Å². The summed E-state index contributed by atoms with van der Waals surface area (Å²) < 4.78 is 5.12. The van der Waals surface area contributed by atoms with Gasteiger partial charge < -0.3 is 14.5 Å². The molecule has 22 heavy (non-hydrogen) atoms. The number of hydrogen-bond donors (Lipinski definition) is 1. The minimum absolute atomic E-state index is 0.00550. The van der Waals surface area contributed by atoms with Crippen LogP contribution in [0.15, 0.2) is 28.1 Å². The van der Waals surface area contributed by atoms with Gasteiger partial charge in [-0.25, -0.2) is 0 Å². The first kappa shape index (κ1) is 15.0. The van der Waals surface area contributed by atoms with Gasteiger partial charge >= 0.3 is 0 Å². The maximum atomic E-state index is 12.4. The van der Waals surface area contributed by atoms with E-state index < -0.39 is 0 Å². The Bertz CT molecular complexity index is 689. The minimum atomic E-state index is -0.0119. The lowest BCUT2D eigenvalue weighted by Crippen LogP contribution is -2.29. The molecule has 0 aromatic carbocycles. The van der Waals surface area contributed by atoms with Crippen LogP contribution in [0.1, 0.15) is 40.8 Å². The van der Waals surface area contributed by atoms with Crippen molar-refractivity contribution in [2.75, 3.05) is 6.54 Å². The number of rotatable bonds is 4. The lowest BCUT2D eigenvalue weighted by molar-refractivity contribution is -0.126. The zero-order valence-corrected chi connectivity index (χ0v) is 13.2. The van der Waals surface area contributed by atoms with E-state index in [-0.39, 0.29) is 18.6 Å². The molecule has 1 fully saturated rings. The van der Waals surface area contributed by atoms with Crippen molar-refractivity contribution in [2.24, 2.45) is 0 Å². The largest absolute Gasteiger partial charge is 0.392 e. The van der Waals surface area contributed by atoms with E-state index in [0.717, 1.165) is 41.3 Å². The molecule has 1 saturated heterocycles. The molecule has 0 bridgehead atoms. The van der Waals surface area contributed by atoms with Crippen LogP contribution in [0.4, 0.5) is 0 Å². The van der Waals surface area contributed by atoms with E-state index in [4.69, 9.17) is 9.63 Å². The number of carbonyl (C=O) groups is 1. The van der Waals surface area contributed by atoms with Crippen molar-refractivity contribution in [3.05, 3.63) is 45.5 Å². The van der Waals surface area contributed by atoms with E-state index in [9.17, 15) is 4.79 Å². The number of likely N-dealkylation sites (tertiary alicyclic amines) is 1. The number of nitrogens with zero attached hydrogens (tertiary/aromatic N) is 2. The van der Waals surface area contributed by atoms with Crippen molar-refractivity contribution in [1.29, 1.82) is 0 Å². The molecule has 1 N–H and O–H groups in total. The quantitative estimate of drug-likeness (QED) is 0.880. The molecule has 1 atom stereocenters. The van der Waals surface area contributed by atoms with Crippen molar-refractivity contribution in [3.8, 4) is 0 Å². The first-order valence-corrected chi connectivity index (χ1v) is 8.15. The minimum Gasteiger partial charge on any atom is -0.392 e. The lowest BCUT2D eigenvalue weighted by atomic mass is 10.1. The molecule has 0 saturated carbocycles. The summed E-state index contributed by atoms with van der Waals surface area (Å²) in [5.41, 5.74) is 1.70. The Morgan fingerprint density at radius 2 is 2.45 bits per heavy atom. The number of hydrogen-bond acceptors (Lipinski definition) is 5. The second kappa shape index (κ2) is 6.46. The van der Waals surface area contributed by atoms with Gasteiger partial charge in [-0.1, -0.05) is 5.16 Å². The maximum absolute atomic E-state index is 12.4. The van der Waals surface area contributed by atoms with Gasteiger partial charge in [0.15, 0.2) is 0 Å². The number of aromatic nitrogens is 1. The second-order valence-electron chi connectivity index (χ2n) is 5.40. The fraction of sp³-hybridized carbons (Fsp3) is 0.375. The number of aliphatic hydroxyl groups excluding tert-OH is 1. The van der Waals surface area contributed by atoms with Crippen molar-refractivity contribution >= 4 is 23.3 Å². The summed E-state index contributed by atoms with van der Waals surface area (Å²) in [5, 5.41) is 15.0. The Hall–Kier alpha value is -1.92. The molecular formula is C16H18N2O3S. The standard InChI is InChI=1S/C16H18N2O3S/c1-11-7-14(17-21-11)15-3-2-6-18(15)16(20)5-4-13-8-12(9-19)10-22-13/h4-5,7-8,10,15,19H,2-3,6,9H2,1H3. The fourth-order valence-electron chi connectivity index (χ4n) is 2.69. The summed E-state index contributed by atoms with van der Waals surface area (Å²) in [6.45, 7) is 2.62. The molecule has 0 radical (unpaired) electrons. The third-order valence-corrected chi connectivity index (χ3v) is 4.72. The molecular weight excluding hydrogens is 300 g/mol. The molecule has 116 valence electrons. The highest BCUT2D eigenvalue weighted by atomic mass is 32.1. The van der Waals surface area contributed by atoms with Crippen LogP contribution in [0.2, 0.25) is 0 Å². The van der Waals surface area contributed by atoms with Gasteiger partial charge in [0.1, 0.15) is 11.5 Å². The lowest BCUT2D eigenvalue weighted by Gasteiger charge is -2.21. The average Bonchev–Trinajstić information content (AvgIpc) is 3.24. The van der Waals surface area contributed by atoms with Crippen LogP contribution in [0.5, 0.6) is 0 Å².